The molecule has 1 saturated heterocycles. The molecule has 1 aliphatic carbocycles. The lowest BCUT2D eigenvalue weighted by atomic mass is 9.94. The molecule has 8 nitrogen and oxygen atoms in total. The Morgan fingerprint density at radius 3 is 2.36 bits per heavy atom. The zero-order chi connectivity index (χ0) is 25.7. The molecule has 0 unspecified atom stereocenters. The van der Waals surface area contributed by atoms with E-state index in [0.29, 0.717) is 49.9 Å². The average Bonchev–Trinajstić information content (AvgIpc) is 2.91. The number of para-hydroxylation sites is 1. The number of nitrogens with one attached hydrogen (secondary N) is 1. The lowest BCUT2D eigenvalue weighted by molar-refractivity contribution is -0.125. The highest BCUT2D eigenvalue weighted by Crippen LogP contribution is 2.24. The number of piperidine rings is 1. The first-order chi connectivity index (χ1) is 17.4. The molecule has 2 aliphatic rings. The molecule has 36 heavy (non-hydrogen) atoms. The summed E-state index contributed by atoms with van der Waals surface area (Å²) in [6.07, 6.45) is 8.99. The van der Waals surface area contributed by atoms with Crippen LogP contribution in [-0.2, 0) is 11.8 Å². The van der Waals surface area contributed by atoms with E-state index in [2.05, 4.69) is 17.3 Å². The highest BCUT2D eigenvalue weighted by Gasteiger charge is 2.28. The normalized spacial score (nSPS) is 17.5. The fourth-order valence-corrected chi connectivity index (χ4v) is 5.80. The Kier molecular flexibility index (Phi) is 8.67. The summed E-state index contributed by atoms with van der Waals surface area (Å²) < 4.78 is 2.78. The largest absolute Gasteiger partial charge is 0.366 e. The van der Waals surface area contributed by atoms with Gasteiger partial charge in [0.2, 0.25) is 5.91 Å². The molecular weight excluding hydrogens is 454 g/mol. The number of hydrogen-bond donors (Lipinski definition) is 1. The Labute approximate surface area is 213 Å². The third-order valence-corrected chi connectivity index (χ3v) is 8.04. The van der Waals surface area contributed by atoms with Crippen molar-refractivity contribution in [3.8, 4) is 5.69 Å². The molecule has 196 valence electrons. The molecule has 4 rings (SSSR count). The Balaban J connectivity index is 1.33. The van der Waals surface area contributed by atoms with Crippen molar-refractivity contribution in [1.29, 1.82) is 0 Å². The number of carbonyl (C=O) groups excluding carboxylic acids is 1. The average molecular weight is 496 g/mol. The van der Waals surface area contributed by atoms with E-state index in [1.807, 2.05) is 42.2 Å². The van der Waals surface area contributed by atoms with Gasteiger partial charge in [0.25, 0.3) is 5.56 Å². The van der Waals surface area contributed by atoms with Gasteiger partial charge in [0, 0.05) is 38.6 Å². The second kappa shape index (κ2) is 11.9. The van der Waals surface area contributed by atoms with E-state index in [1.165, 1.54) is 43.7 Å². The van der Waals surface area contributed by atoms with Gasteiger partial charge in [-0.15, -0.1) is 0 Å². The van der Waals surface area contributed by atoms with E-state index in [0.717, 1.165) is 18.7 Å². The SMILES string of the molecule is Cc1c(N2CCC(C(=O)NCCCN(C)C3CCCCC3)CC2)c(=O)n(C)c(=O)n1-c1ccccc1. The van der Waals surface area contributed by atoms with Crippen LogP contribution in [0.4, 0.5) is 5.69 Å². The molecule has 1 aromatic carbocycles. The van der Waals surface area contributed by atoms with Crippen LogP contribution in [-0.4, -0.2) is 59.2 Å². The number of amides is 1. The third kappa shape index (κ3) is 5.75. The van der Waals surface area contributed by atoms with Gasteiger partial charge in [-0.3, -0.25) is 18.7 Å². The number of anilines is 1. The molecule has 1 saturated carbocycles. The minimum atomic E-state index is -0.351. The first-order valence-corrected chi connectivity index (χ1v) is 13.5. The van der Waals surface area contributed by atoms with Crippen molar-refractivity contribution >= 4 is 11.6 Å². The van der Waals surface area contributed by atoms with Gasteiger partial charge in [-0.1, -0.05) is 37.5 Å². The van der Waals surface area contributed by atoms with Crippen molar-refractivity contribution in [2.75, 3.05) is 38.1 Å². The molecule has 1 amide bonds. The first kappa shape index (κ1) is 26.2. The summed E-state index contributed by atoms with van der Waals surface area (Å²) in [4.78, 5) is 43.3. The van der Waals surface area contributed by atoms with Crippen molar-refractivity contribution in [1.82, 2.24) is 19.4 Å². The second-order valence-corrected chi connectivity index (χ2v) is 10.4. The first-order valence-electron chi connectivity index (χ1n) is 13.5. The van der Waals surface area contributed by atoms with Crippen LogP contribution in [0.5, 0.6) is 0 Å². The van der Waals surface area contributed by atoms with E-state index in [9.17, 15) is 14.4 Å². The van der Waals surface area contributed by atoms with Gasteiger partial charge in [0.05, 0.1) is 11.4 Å². The number of aromatic nitrogens is 2. The molecule has 0 atom stereocenters. The number of rotatable bonds is 8. The maximum Gasteiger partial charge on any atom is 0.335 e. The van der Waals surface area contributed by atoms with E-state index >= 15 is 0 Å². The highest BCUT2D eigenvalue weighted by atomic mass is 16.2. The zero-order valence-corrected chi connectivity index (χ0v) is 22.0. The van der Waals surface area contributed by atoms with Crippen molar-refractivity contribution < 1.29 is 4.79 Å². The van der Waals surface area contributed by atoms with Crippen LogP contribution in [0, 0.1) is 12.8 Å². The summed E-state index contributed by atoms with van der Waals surface area (Å²) in [6, 6.07) is 10.1. The van der Waals surface area contributed by atoms with Gasteiger partial charge in [-0.25, -0.2) is 4.79 Å². The predicted octanol–water partition coefficient (Wildman–Crippen LogP) is 2.83. The second-order valence-electron chi connectivity index (χ2n) is 10.4. The molecule has 0 radical (unpaired) electrons. The van der Waals surface area contributed by atoms with Gasteiger partial charge in [0.15, 0.2) is 0 Å². The molecule has 8 heteroatoms. The fraction of sp³-hybridized carbons (Fsp3) is 0.607. The van der Waals surface area contributed by atoms with Crippen LogP contribution >= 0.6 is 0 Å². The fourth-order valence-electron chi connectivity index (χ4n) is 5.80. The summed E-state index contributed by atoms with van der Waals surface area (Å²) in [6.45, 7) is 4.78. The number of carbonyl (C=O) groups is 1. The molecule has 2 aromatic rings. The third-order valence-electron chi connectivity index (χ3n) is 8.04. The molecule has 1 aromatic heterocycles. The van der Waals surface area contributed by atoms with Crippen LogP contribution in [0.2, 0.25) is 0 Å². The number of benzene rings is 1. The van der Waals surface area contributed by atoms with E-state index in [1.54, 1.807) is 4.57 Å². The molecule has 1 aliphatic heterocycles. The smallest absolute Gasteiger partial charge is 0.335 e. The Bertz CT molecular complexity index is 1140. The van der Waals surface area contributed by atoms with E-state index in [-0.39, 0.29) is 23.1 Å². The monoisotopic (exact) mass is 495 g/mol. The zero-order valence-electron chi connectivity index (χ0n) is 22.0. The topological polar surface area (TPSA) is 79.6 Å². The maximum atomic E-state index is 13.1. The predicted molar refractivity (Wildman–Crippen MR) is 144 cm³/mol. The summed E-state index contributed by atoms with van der Waals surface area (Å²) in [5.41, 5.74) is 1.29. The minimum Gasteiger partial charge on any atom is -0.366 e. The van der Waals surface area contributed by atoms with Crippen molar-refractivity contribution in [2.45, 2.75) is 64.3 Å². The van der Waals surface area contributed by atoms with Gasteiger partial charge >= 0.3 is 5.69 Å². The highest BCUT2D eigenvalue weighted by molar-refractivity contribution is 5.79. The van der Waals surface area contributed by atoms with E-state index in [4.69, 9.17) is 0 Å². The van der Waals surface area contributed by atoms with Crippen LogP contribution in [0.15, 0.2) is 39.9 Å². The van der Waals surface area contributed by atoms with E-state index < -0.39 is 0 Å². The standard InChI is InChI=1S/C28H41N5O3/c1-21-25(27(35)31(3)28(36)33(21)24-13-8-5-9-14-24)32-19-15-22(16-20-32)26(34)29-17-10-18-30(2)23-11-6-4-7-12-23/h5,8-9,13-14,22-23H,4,6-7,10-12,15-20H2,1-3H3,(H,29,34). The van der Waals surface area contributed by atoms with Gasteiger partial charge in [0.1, 0.15) is 5.69 Å². The lowest BCUT2D eigenvalue weighted by Crippen LogP contribution is -2.47. The Morgan fingerprint density at radius 2 is 1.69 bits per heavy atom. The van der Waals surface area contributed by atoms with Gasteiger partial charge in [-0.2, -0.15) is 0 Å². The maximum absolute atomic E-state index is 13.1. The Hall–Kier alpha value is -2.87. The van der Waals surface area contributed by atoms with Crippen molar-refractivity contribution in [3.63, 3.8) is 0 Å². The van der Waals surface area contributed by atoms with Crippen LogP contribution in [0.3, 0.4) is 0 Å². The molecule has 2 heterocycles. The minimum absolute atomic E-state index is 0.0403. The quantitative estimate of drug-likeness (QED) is 0.570. The van der Waals surface area contributed by atoms with Crippen molar-refractivity contribution in [2.24, 2.45) is 13.0 Å². The van der Waals surface area contributed by atoms with Gasteiger partial charge in [-0.05, 0) is 64.8 Å². The summed E-state index contributed by atoms with van der Waals surface area (Å²) in [7, 11) is 3.74. The van der Waals surface area contributed by atoms with Gasteiger partial charge < -0.3 is 15.1 Å². The lowest BCUT2D eigenvalue weighted by Gasteiger charge is -2.34. The molecule has 2 fully saturated rings. The van der Waals surface area contributed by atoms with Crippen LogP contribution in [0.1, 0.15) is 57.1 Å². The molecule has 0 spiro atoms. The number of nitrogens with zero attached hydrogens (tertiary/aromatic N) is 4. The number of hydrogen-bond acceptors (Lipinski definition) is 5. The Morgan fingerprint density at radius 1 is 1.03 bits per heavy atom. The van der Waals surface area contributed by atoms with Crippen molar-refractivity contribution in [3.05, 3.63) is 56.9 Å². The molecule has 1 N–H and O–H groups in total. The van der Waals surface area contributed by atoms with Crippen LogP contribution < -0.4 is 21.5 Å². The molecular formula is C28H41N5O3. The summed E-state index contributed by atoms with van der Waals surface area (Å²) in [5, 5.41) is 3.14. The molecule has 0 bridgehead atoms. The summed E-state index contributed by atoms with van der Waals surface area (Å²) >= 11 is 0. The summed E-state index contributed by atoms with van der Waals surface area (Å²) in [5.74, 6) is 0.0790. The van der Waals surface area contributed by atoms with Crippen LogP contribution in [0.25, 0.3) is 5.69 Å².